The Bertz CT molecular complexity index is 799. The van der Waals surface area contributed by atoms with Crippen molar-refractivity contribution in [3.8, 4) is 0 Å². The van der Waals surface area contributed by atoms with Crippen molar-refractivity contribution in [1.29, 1.82) is 0 Å². The molecule has 3 heteroatoms. The zero-order valence-electron chi connectivity index (χ0n) is 15.8. The molecule has 1 aliphatic rings. The summed E-state index contributed by atoms with van der Waals surface area (Å²) in [5, 5.41) is 0. The van der Waals surface area contributed by atoms with Crippen LogP contribution in [0.1, 0.15) is 41.6 Å². The first-order chi connectivity index (χ1) is 13.2. The molecular formula is C24H25NO2. The van der Waals surface area contributed by atoms with E-state index in [9.17, 15) is 0 Å². The van der Waals surface area contributed by atoms with Gasteiger partial charge in [0.2, 0.25) is 0 Å². The minimum atomic E-state index is -0.384. The topological polar surface area (TPSA) is 21.7 Å². The second-order valence-electron chi connectivity index (χ2n) is 7.12. The van der Waals surface area contributed by atoms with Crippen molar-refractivity contribution in [3.63, 3.8) is 0 Å². The maximum atomic E-state index is 6.37. The standard InChI is InChI=1S/C24H25NO2/c1-25(2)21-15-13-20(14-16-21)24-26-22(18-9-5-3-6-10-18)17-23(27-24)19-11-7-4-8-12-19/h3-16,22-24H,17H2,1-2H3/t22-,23-/m1/s1. The van der Waals surface area contributed by atoms with E-state index in [4.69, 9.17) is 9.47 Å². The summed E-state index contributed by atoms with van der Waals surface area (Å²) < 4.78 is 12.7. The van der Waals surface area contributed by atoms with Crippen LogP contribution < -0.4 is 4.90 Å². The van der Waals surface area contributed by atoms with Crippen molar-refractivity contribution < 1.29 is 9.47 Å². The van der Waals surface area contributed by atoms with E-state index in [-0.39, 0.29) is 18.5 Å². The summed E-state index contributed by atoms with van der Waals surface area (Å²) in [4.78, 5) is 2.09. The second-order valence-corrected chi connectivity index (χ2v) is 7.12. The Morgan fingerprint density at radius 1 is 0.630 bits per heavy atom. The van der Waals surface area contributed by atoms with Crippen LogP contribution in [0.25, 0.3) is 0 Å². The highest BCUT2D eigenvalue weighted by atomic mass is 16.7. The van der Waals surface area contributed by atoms with E-state index in [0.717, 1.165) is 17.7 Å². The third kappa shape index (κ3) is 4.05. The van der Waals surface area contributed by atoms with E-state index < -0.39 is 0 Å². The fourth-order valence-corrected chi connectivity index (χ4v) is 3.49. The van der Waals surface area contributed by atoms with E-state index in [1.807, 2.05) is 26.2 Å². The quantitative estimate of drug-likeness (QED) is 0.599. The monoisotopic (exact) mass is 359 g/mol. The molecule has 1 heterocycles. The summed E-state index contributed by atoms with van der Waals surface area (Å²) in [7, 11) is 4.08. The van der Waals surface area contributed by atoms with Gasteiger partial charge in [-0.25, -0.2) is 0 Å². The maximum Gasteiger partial charge on any atom is 0.185 e. The van der Waals surface area contributed by atoms with Gasteiger partial charge in [0.15, 0.2) is 6.29 Å². The number of hydrogen-bond donors (Lipinski definition) is 0. The molecule has 3 aromatic rings. The molecule has 0 radical (unpaired) electrons. The van der Waals surface area contributed by atoms with Crippen LogP contribution in [0.4, 0.5) is 5.69 Å². The molecule has 138 valence electrons. The molecule has 27 heavy (non-hydrogen) atoms. The third-order valence-corrected chi connectivity index (χ3v) is 5.03. The first-order valence-corrected chi connectivity index (χ1v) is 9.39. The molecule has 3 nitrogen and oxygen atoms in total. The highest BCUT2D eigenvalue weighted by molar-refractivity contribution is 5.46. The zero-order valence-corrected chi connectivity index (χ0v) is 15.8. The Morgan fingerprint density at radius 2 is 1.11 bits per heavy atom. The average molecular weight is 359 g/mol. The first-order valence-electron chi connectivity index (χ1n) is 9.39. The lowest BCUT2D eigenvalue weighted by Crippen LogP contribution is -2.24. The van der Waals surface area contributed by atoms with Gasteiger partial charge in [-0.2, -0.15) is 0 Å². The van der Waals surface area contributed by atoms with Crippen molar-refractivity contribution in [3.05, 3.63) is 102 Å². The van der Waals surface area contributed by atoms with Gasteiger partial charge in [-0.1, -0.05) is 72.8 Å². The number of nitrogens with zero attached hydrogens (tertiary/aromatic N) is 1. The molecule has 0 aliphatic carbocycles. The number of ether oxygens (including phenoxy) is 2. The molecule has 4 rings (SSSR count). The van der Waals surface area contributed by atoms with E-state index in [0.29, 0.717) is 0 Å². The average Bonchev–Trinajstić information content (AvgIpc) is 2.75. The summed E-state index contributed by atoms with van der Waals surface area (Å²) in [6.07, 6.45) is 0.429. The molecule has 0 unspecified atom stereocenters. The highest BCUT2D eigenvalue weighted by Gasteiger charge is 2.32. The lowest BCUT2D eigenvalue weighted by Gasteiger charge is -2.36. The number of benzene rings is 3. The Labute approximate surface area is 161 Å². The van der Waals surface area contributed by atoms with Crippen LogP contribution in [0.5, 0.6) is 0 Å². The molecule has 1 saturated heterocycles. The third-order valence-electron chi connectivity index (χ3n) is 5.03. The molecule has 0 saturated carbocycles. The van der Waals surface area contributed by atoms with Crippen LogP contribution in [0, 0.1) is 0 Å². The van der Waals surface area contributed by atoms with E-state index in [2.05, 4.69) is 77.7 Å². The lowest BCUT2D eigenvalue weighted by atomic mass is 9.97. The van der Waals surface area contributed by atoms with E-state index in [1.165, 1.54) is 11.1 Å². The molecule has 1 aliphatic heterocycles. The second kappa shape index (κ2) is 7.95. The minimum Gasteiger partial charge on any atom is -0.378 e. The number of rotatable bonds is 4. The molecule has 0 bridgehead atoms. The van der Waals surface area contributed by atoms with Gasteiger partial charge in [0.1, 0.15) is 0 Å². The van der Waals surface area contributed by atoms with Gasteiger partial charge in [0.05, 0.1) is 12.2 Å². The maximum absolute atomic E-state index is 6.37. The SMILES string of the molecule is CN(C)c1ccc(C2O[C@@H](c3ccccc3)C[C@H](c3ccccc3)O2)cc1. The summed E-state index contributed by atoms with van der Waals surface area (Å²) in [6.45, 7) is 0. The zero-order chi connectivity index (χ0) is 18.6. The molecule has 0 spiro atoms. The highest BCUT2D eigenvalue weighted by Crippen LogP contribution is 2.43. The van der Waals surface area contributed by atoms with Crippen molar-refractivity contribution in [2.45, 2.75) is 24.9 Å². The molecule has 0 N–H and O–H groups in total. The van der Waals surface area contributed by atoms with Gasteiger partial charge in [0, 0.05) is 31.8 Å². The van der Waals surface area contributed by atoms with Gasteiger partial charge in [-0.3, -0.25) is 0 Å². The Hall–Kier alpha value is -2.62. The lowest BCUT2D eigenvalue weighted by molar-refractivity contribution is -0.253. The van der Waals surface area contributed by atoms with Gasteiger partial charge < -0.3 is 14.4 Å². The summed E-state index contributed by atoms with van der Waals surface area (Å²) >= 11 is 0. The van der Waals surface area contributed by atoms with E-state index in [1.54, 1.807) is 0 Å². The van der Waals surface area contributed by atoms with Crippen molar-refractivity contribution in [1.82, 2.24) is 0 Å². The van der Waals surface area contributed by atoms with Crippen LogP contribution in [-0.4, -0.2) is 14.1 Å². The van der Waals surface area contributed by atoms with Gasteiger partial charge in [0.25, 0.3) is 0 Å². The predicted molar refractivity (Wildman–Crippen MR) is 109 cm³/mol. The van der Waals surface area contributed by atoms with Crippen molar-refractivity contribution >= 4 is 5.69 Å². The Kier molecular flexibility index (Phi) is 5.23. The molecule has 0 aromatic heterocycles. The predicted octanol–water partition coefficient (Wildman–Crippen LogP) is 5.67. The molecular weight excluding hydrogens is 334 g/mol. The van der Waals surface area contributed by atoms with Crippen LogP contribution in [-0.2, 0) is 9.47 Å². The van der Waals surface area contributed by atoms with Crippen LogP contribution in [0.15, 0.2) is 84.9 Å². The molecule has 3 aromatic carbocycles. The smallest absolute Gasteiger partial charge is 0.185 e. The summed E-state index contributed by atoms with van der Waals surface area (Å²) in [5.41, 5.74) is 4.59. The van der Waals surface area contributed by atoms with Gasteiger partial charge in [-0.15, -0.1) is 0 Å². The van der Waals surface area contributed by atoms with Gasteiger partial charge in [-0.05, 0) is 23.3 Å². The van der Waals surface area contributed by atoms with Crippen molar-refractivity contribution in [2.24, 2.45) is 0 Å². The number of anilines is 1. The number of hydrogen-bond acceptors (Lipinski definition) is 3. The minimum absolute atomic E-state index is 0.00341. The molecule has 0 amide bonds. The molecule has 1 fully saturated rings. The Balaban J connectivity index is 1.64. The summed E-state index contributed by atoms with van der Waals surface area (Å²) in [5.74, 6) is 0. The fourth-order valence-electron chi connectivity index (χ4n) is 3.49. The van der Waals surface area contributed by atoms with Gasteiger partial charge >= 0.3 is 0 Å². The van der Waals surface area contributed by atoms with Crippen LogP contribution >= 0.6 is 0 Å². The Morgan fingerprint density at radius 3 is 1.56 bits per heavy atom. The largest absolute Gasteiger partial charge is 0.378 e. The van der Waals surface area contributed by atoms with E-state index >= 15 is 0 Å². The fraction of sp³-hybridized carbons (Fsp3) is 0.250. The first kappa shape index (κ1) is 17.8. The van der Waals surface area contributed by atoms with Crippen LogP contribution in [0.2, 0.25) is 0 Å². The summed E-state index contributed by atoms with van der Waals surface area (Å²) in [6, 6.07) is 29.2. The molecule has 2 atom stereocenters. The van der Waals surface area contributed by atoms with Crippen LogP contribution in [0.3, 0.4) is 0 Å². The van der Waals surface area contributed by atoms with Crippen molar-refractivity contribution in [2.75, 3.05) is 19.0 Å². The normalized spacial score (nSPS) is 22.4.